The van der Waals surface area contributed by atoms with Crippen LogP contribution in [0, 0.1) is 5.92 Å². The number of hydrogen-bond acceptors (Lipinski definition) is 3. The molecule has 0 spiro atoms. The third-order valence-electron chi connectivity index (χ3n) is 5.08. The van der Waals surface area contributed by atoms with Gasteiger partial charge in [-0.05, 0) is 53.0 Å². The summed E-state index contributed by atoms with van der Waals surface area (Å²) in [5.41, 5.74) is 0. The van der Waals surface area contributed by atoms with Crippen LogP contribution in [0.3, 0.4) is 0 Å². The van der Waals surface area contributed by atoms with E-state index in [1.807, 2.05) is 0 Å². The van der Waals surface area contributed by atoms with E-state index in [1.54, 1.807) is 0 Å². The molecule has 0 saturated carbocycles. The standard InChI is InChI=1S/C17H37N3/c1-6-8-10-15(7-2)13-16(18-3)17-14-19(4)11-9-12-20(17)5/h15-18H,6-14H2,1-5H3. The Morgan fingerprint density at radius 1 is 1.20 bits per heavy atom. The fraction of sp³-hybridized carbons (Fsp3) is 1.00. The lowest BCUT2D eigenvalue weighted by molar-refractivity contribution is 0.163. The van der Waals surface area contributed by atoms with Crippen LogP contribution in [-0.4, -0.2) is 62.7 Å². The number of hydrogen-bond donors (Lipinski definition) is 1. The molecular formula is C17H37N3. The van der Waals surface area contributed by atoms with Crippen molar-refractivity contribution in [2.24, 2.45) is 5.92 Å². The molecule has 1 rings (SSSR count). The predicted octanol–water partition coefficient (Wildman–Crippen LogP) is 2.82. The number of unbranched alkanes of at least 4 members (excludes halogenated alkanes) is 1. The van der Waals surface area contributed by atoms with Crippen LogP contribution in [0.25, 0.3) is 0 Å². The van der Waals surface area contributed by atoms with Crippen LogP contribution in [-0.2, 0) is 0 Å². The molecule has 0 aromatic heterocycles. The summed E-state index contributed by atoms with van der Waals surface area (Å²) < 4.78 is 0. The number of rotatable bonds is 8. The Morgan fingerprint density at radius 3 is 2.55 bits per heavy atom. The van der Waals surface area contributed by atoms with Crippen LogP contribution in [0.4, 0.5) is 0 Å². The Balaban J connectivity index is 2.61. The van der Waals surface area contributed by atoms with E-state index in [0.717, 1.165) is 5.92 Å². The van der Waals surface area contributed by atoms with E-state index in [4.69, 9.17) is 0 Å². The van der Waals surface area contributed by atoms with E-state index in [-0.39, 0.29) is 0 Å². The normalized spacial score (nSPS) is 25.4. The first kappa shape index (κ1) is 17.9. The van der Waals surface area contributed by atoms with E-state index in [1.165, 1.54) is 58.2 Å². The maximum Gasteiger partial charge on any atom is 0.0373 e. The van der Waals surface area contributed by atoms with Crippen molar-refractivity contribution in [3.05, 3.63) is 0 Å². The predicted molar refractivity (Wildman–Crippen MR) is 89.3 cm³/mol. The average Bonchev–Trinajstić information content (AvgIpc) is 2.61. The van der Waals surface area contributed by atoms with E-state index in [2.05, 4.69) is 50.1 Å². The summed E-state index contributed by atoms with van der Waals surface area (Å²) >= 11 is 0. The molecule has 1 aliphatic heterocycles. The zero-order valence-corrected chi connectivity index (χ0v) is 14.5. The topological polar surface area (TPSA) is 18.5 Å². The lowest BCUT2D eigenvalue weighted by Gasteiger charge is -2.36. The van der Waals surface area contributed by atoms with Crippen LogP contribution in [0.2, 0.25) is 0 Å². The molecule has 3 nitrogen and oxygen atoms in total. The van der Waals surface area contributed by atoms with Gasteiger partial charge in [-0.25, -0.2) is 0 Å². The fourth-order valence-electron chi connectivity index (χ4n) is 3.55. The first-order chi connectivity index (χ1) is 9.62. The second-order valence-electron chi connectivity index (χ2n) is 6.71. The van der Waals surface area contributed by atoms with Gasteiger partial charge in [0, 0.05) is 18.6 Å². The van der Waals surface area contributed by atoms with Gasteiger partial charge in [0.2, 0.25) is 0 Å². The van der Waals surface area contributed by atoms with Crippen molar-refractivity contribution in [2.75, 3.05) is 40.8 Å². The molecule has 20 heavy (non-hydrogen) atoms. The van der Waals surface area contributed by atoms with Crippen molar-refractivity contribution < 1.29 is 0 Å². The lowest BCUT2D eigenvalue weighted by Crippen LogP contribution is -2.52. The zero-order chi connectivity index (χ0) is 15.0. The van der Waals surface area contributed by atoms with Crippen molar-refractivity contribution >= 4 is 0 Å². The van der Waals surface area contributed by atoms with Gasteiger partial charge in [-0.2, -0.15) is 0 Å². The van der Waals surface area contributed by atoms with Crippen molar-refractivity contribution in [1.82, 2.24) is 15.1 Å². The second kappa shape index (κ2) is 9.75. The molecule has 1 N–H and O–H groups in total. The molecule has 3 atom stereocenters. The number of likely N-dealkylation sites (N-methyl/N-ethyl adjacent to an activating group) is 3. The van der Waals surface area contributed by atoms with E-state index in [0.29, 0.717) is 12.1 Å². The van der Waals surface area contributed by atoms with Gasteiger partial charge in [0.25, 0.3) is 0 Å². The maximum absolute atomic E-state index is 3.62. The molecule has 0 radical (unpaired) electrons. The summed E-state index contributed by atoms with van der Waals surface area (Å²) in [6, 6.07) is 1.28. The molecule has 1 aliphatic rings. The van der Waals surface area contributed by atoms with Crippen molar-refractivity contribution in [1.29, 1.82) is 0 Å². The highest BCUT2D eigenvalue weighted by atomic mass is 15.2. The molecule has 1 fully saturated rings. The highest BCUT2D eigenvalue weighted by molar-refractivity contribution is 4.88. The van der Waals surface area contributed by atoms with Gasteiger partial charge in [0.15, 0.2) is 0 Å². The van der Waals surface area contributed by atoms with Crippen LogP contribution >= 0.6 is 0 Å². The van der Waals surface area contributed by atoms with Crippen molar-refractivity contribution in [2.45, 2.75) is 64.5 Å². The highest BCUT2D eigenvalue weighted by Crippen LogP contribution is 2.22. The van der Waals surface area contributed by atoms with Gasteiger partial charge in [-0.15, -0.1) is 0 Å². The van der Waals surface area contributed by atoms with Crippen LogP contribution in [0.5, 0.6) is 0 Å². The molecule has 0 bridgehead atoms. The third-order valence-corrected chi connectivity index (χ3v) is 5.08. The molecule has 1 saturated heterocycles. The molecule has 120 valence electrons. The molecule has 1 heterocycles. The van der Waals surface area contributed by atoms with Crippen LogP contribution < -0.4 is 5.32 Å². The number of nitrogens with zero attached hydrogens (tertiary/aromatic N) is 2. The molecule has 0 aromatic carbocycles. The van der Waals surface area contributed by atoms with E-state index >= 15 is 0 Å². The summed E-state index contributed by atoms with van der Waals surface area (Å²) in [6.45, 7) is 8.34. The maximum atomic E-state index is 3.62. The van der Waals surface area contributed by atoms with Gasteiger partial charge in [0.1, 0.15) is 0 Å². The fourth-order valence-corrected chi connectivity index (χ4v) is 3.55. The van der Waals surface area contributed by atoms with Gasteiger partial charge in [-0.1, -0.05) is 39.5 Å². The monoisotopic (exact) mass is 283 g/mol. The van der Waals surface area contributed by atoms with Gasteiger partial charge in [-0.3, -0.25) is 0 Å². The molecular weight excluding hydrogens is 246 g/mol. The lowest BCUT2D eigenvalue weighted by atomic mass is 9.88. The summed E-state index contributed by atoms with van der Waals surface area (Å²) in [5, 5.41) is 3.62. The summed E-state index contributed by atoms with van der Waals surface area (Å²) in [7, 11) is 6.73. The van der Waals surface area contributed by atoms with Gasteiger partial charge in [0.05, 0.1) is 0 Å². The summed E-state index contributed by atoms with van der Waals surface area (Å²) in [4.78, 5) is 5.09. The molecule has 0 aliphatic carbocycles. The Kier molecular flexibility index (Phi) is 8.74. The van der Waals surface area contributed by atoms with E-state index < -0.39 is 0 Å². The van der Waals surface area contributed by atoms with Gasteiger partial charge < -0.3 is 15.1 Å². The third kappa shape index (κ3) is 5.71. The van der Waals surface area contributed by atoms with E-state index in [9.17, 15) is 0 Å². The first-order valence-corrected chi connectivity index (χ1v) is 8.68. The highest BCUT2D eigenvalue weighted by Gasteiger charge is 2.28. The smallest absolute Gasteiger partial charge is 0.0373 e. The van der Waals surface area contributed by atoms with Crippen LogP contribution in [0.15, 0.2) is 0 Å². The van der Waals surface area contributed by atoms with Crippen LogP contribution in [0.1, 0.15) is 52.4 Å². The number of nitrogens with one attached hydrogen (secondary N) is 1. The Bertz CT molecular complexity index is 244. The minimum atomic E-state index is 0.627. The van der Waals surface area contributed by atoms with Crippen molar-refractivity contribution in [3.8, 4) is 0 Å². The Hall–Kier alpha value is -0.120. The summed E-state index contributed by atoms with van der Waals surface area (Å²) in [6.07, 6.45) is 8.06. The Morgan fingerprint density at radius 2 is 1.95 bits per heavy atom. The molecule has 3 unspecified atom stereocenters. The summed E-state index contributed by atoms with van der Waals surface area (Å²) in [5.74, 6) is 0.884. The SMILES string of the molecule is CCCCC(CC)CC(NC)C1CN(C)CCCN1C. The minimum absolute atomic E-state index is 0.627. The second-order valence-corrected chi connectivity index (χ2v) is 6.71. The Labute approximate surface area is 127 Å². The largest absolute Gasteiger partial charge is 0.315 e. The minimum Gasteiger partial charge on any atom is -0.315 e. The first-order valence-electron chi connectivity index (χ1n) is 8.68. The average molecular weight is 284 g/mol. The molecule has 3 heteroatoms. The van der Waals surface area contributed by atoms with Crippen molar-refractivity contribution in [3.63, 3.8) is 0 Å². The quantitative estimate of drug-likeness (QED) is 0.739. The zero-order valence-electron chi connectivity index (χ0n) is 14.5. The van der Waals surface area contributed by atoms with Gasteiger partial charge >= 0.3 is 0 Å². The molecule has 0 aromatic rings. The molecule has 0 amide bonds.